The van der Waals surface area contributed by atoms with Crippen molar-refractivity contribution in [1.29, 1.82) is 0 Å². The number of benzene rings is 4. The second kappa shape index (κ2) is 14.0. The van der Waals surface area contributed by atoms with Crippen LogP contribution >= 0.6 is 34.2 Å². The summed E-state index contributed by atoms with van der Waals surface area (Å²) in [5.41, 5.74) is 3.69. The summed E-state index contributed by atoms with van der Waals surface area (Å²) < 4.78 is 18.5. The van der Waals surface area contributed by atoms with Gasteiger partial charge in [0.25, 0.3) is 11.8 Å². The predicted molar refractivity (Wildman–Crippen MR) is 177 cm³/mol. The van der Waals surface area contributed by atoms with Crippen LogP contribution in [0.25, 0.3) is 6.08 Å². The van der Waals surface area contributed by atoms with E-state index in [1.807, 2.05) is 56.3 Å². The average Bonchev–Trinajstić information content (AvgIpc) is 2.99. The molecule has 1 fully saturated rings. The lowest BCUT2D eigenvalue weighted by molar-refractivity contribution is -0.122. The number of hydrogen-bond donors (Lipinski definition) is 1. The van der Waals surface area contributed by atoms with Crippen LogP contribution in [-0.2, 0) is 22.8 Å². The van der Waals surface area contributed by atoms with Gasteiger partial charge in [-0.1, -0.05) is 53.6 Å². The zero-order valence-corrected chi connectivity index (χ0v) is 26.8. The summed E-state index contributed by atoms with van der Waals surface area (Å²) in [5, 5.41) is 2.87. The van der Waals surface area contributed by atoms with Crippen molar-refractivity contribution in [3.63, 3.8) is 0 Å². The van der Waals surface area contributed by atoms with Crippen LogP contribution in [0.4, 0.5) is 10.5 Å². The first-order valence-corrected chi connectivity index (χ1v) is 15.2. The first-order valence-electron chi connectivity index (χ1n) is 13.7. The Hall–Kier alpha value is -4.35. The van der Waals surface area contributed by atoms with Crippen LogP contribution in [0.3, 0.4) is 0 Å². The molecule has 0 aromatic heterocycles. The number of barbiturate groups is 1. The van der Waals surface area contributed by atoms with Crippen LogP contribution in [0.2, 0.25) is 5.02 Å². The summed E-state index contributed by atoms with van der Waals surface area (Å²) in [6, 6.07) is 24.5. The quantitative estimate of drug-likeness (QED) is 0.104. The maximum absolute atomic E-state index is 13.5. The van der Waals surface area contributed by atoms with Gasteiger partial charge in [0.1, 0.15) is 24.5 Å². The number of nitrogens with one attached hydrogen (secondary N) is 1. The monoisotopic (exact) mass is 722 g/mol. The van der Waals surface area contributed by atoms with Gasteiger partial charge in [-0.25, -0.2) is 9.69 Å². The van der Waals surface area contributed by atoms with E-state index in [2.05, 4.69) is 27.9 Å². The van der Waals surface area contributed by atoms with E-state index in [0.29, 0.717) is 50.3 Å². The number of ether oxygens (including phenoxy) is 3. The van der Waals surface area contributed by atoms with Gasteiger partial charge in [0.05, 0.1) is 15.9 Å². The van der Waals surface area contributed by atoms with Crippen molar-refractivity contribution in [3.8, 4) is 17.2 Å². The minimum Gasteiger partial charge on any atom is -0.490 e. The van der Waals surface area contributed by atoms with Crippen molar-refractivity contribution in [1.82, 2.24) is 5.32 Å². The van der Waals surface area contributed by atoms with Crippen molar-refractivity contribution in [2.24, 2.45) is 0 Å². The zero-order valence-electron chi connectivity index (χ0n) is 23.9. The van der Waals surface area contributed by atoms with Crippen molar-refractivity contribution >= 4 is 63.8 Å². The van der Waals surface area contributed by atoms with E-state index in [9.17, 15) is 14.4 Å². The summed E-state index contributed by atoms with van der Waals surface area (Å²) in [4.78, 5) is 40.0. The first-order chi connectivity index (χ1) is 21.2. The van der Waals surface area contributed by atoms with Crippen molar-refractivity contribution < 1.29 is 28.6 Å². The van der Waals surface area contributed by atoms with Crippen molar-refractivity contribution in [2.45, 2.75) is 27.1 Å². The molecule has 4 aromatic carbocycles. The molecule has 4 aromatic rings. The third-order valence-electron chi connectivity index (χ3n) is 6.64. The molecular weight excluding hydrogens is 695 g/mol. The number of hydrogen-bond acceptors (Lipinski definition) is 6. The van der Waals surface area contributed by atoms with Crippen LogP contribution in [0.15, 0.2) is 90.5 Å². The molecule has 0 spiro atoms. The fourth-order valence-corrected chi connectivity index (χ4v) is 5.45. The molecule has 1 aliphatic rings. The number of halogens is 2. The van der Waals surface area contributed by atoms with E-state index in [0.717, 1.165) is 21.6 Å². The zero-order chi connectivity index (χ0) is 31.2. The van der Waals surface area contributed by atoms with E-state index >= 15 is 0 Å². The standard InChI is InChI=1S/C34H28ClIN2O6/c1-3-42-30-18-24(17-29(36)31(30)44-20-23-5-4-6-25(35)15-23)16-28-32(39)37-34(41)38(33(28)40)26-11-13-27(14-12-26)43-19-22-9-7-21(2)8-10-22/h4-18H,3,19-20H2,1-2H3,(H,37,39,41)/b28-16+. The number of carbonyl (C=O) groups excluding carboxylic acids is 3. The Morgan fingerprint density at radius 2 is 1.59 bits per heavy atom. The topological polar surface area (TPSA) is 94.2 Å². The molecule has 0 bridgehead atoms. The van der Waals surface area contributed by atoms with Gasteiger partial charge in [-0.15, -0.1) is 0 Å². The fraction of sp³-hybridized carbons (Fsp3) is 0.147. The molecule has 44 heavy (non-hydrogen) atoms. The van der Waals surface area contributed by atoms with Gasteiger partial charge in [-0.05, 0) is 108 Å². The summed E-state index contributed by atoms with van der Waals surface area (Å²) in [6.07, 6.45) is 1.43. The molecule has 0 unspecified atom stereocenters. The van der Waals surface area contributed by atoms with Crippen LogP contribution in [-0.4, -0.2) is 24.5 Å². The number of amides is 4. The summed E-state index contributed by atoms with van der Waals surface area (Å²) in [6.45, 7) is 4.88. The van der Waals surface area contributed by atoms with Crippen molar-refractivity contribution in [3.05, 3.63) is 121 Å². The van der Waals surface area contributed by atoms with E-state index in [1.54, 1.807) is 42.5 Å². The molecule has 8 nitrogen and oxygen atoms in total. The SMILES string of the molecule is CCOc1cc(/C=C2\C(=O)NC(=O)N(c3ccc(OCc4ccc(C)cc4)cc3)C2=O)cc(I)c1OCc1cccc(Cl)c1. The van der Waals surface area contributed by atoms with Gasteiger partial charge in [0.2, 0.25) is 0 Å². The fourth-order valence-electron chi connectivity index (χ4n) is 4.46. The first kappa shape index (κ1) is 31.1. The molecule has 1 heterocycles. The molecule has 1 N–H and O–H groups in total. The summed E-state index contributed by atoms with van der Waals surface area (Å²) >= 11 is 8.22. The molecule has 0 saturated carbocycles. The lowest BCUT2D eigenvalue weighted by Gasteiger charge is -2.26. The van der Waals surface area contributed by atoms with Gasteiger partial charge in [0.15, 0.2) is 11.5 Å². The second-order valence-corrected chi connectivity index (χ2v) is 11.5. The Morgan fingerprint density at radius 3 is 2.30 bits per heavy atom. The van der Waals surface area contributed by atoms with E-state index in [-0.39, 0.29) is 12.2 Å². The third kappa shape index (κ3) is 7.40. The van der Waals surface area contributed by atoms with Crippen LogP contribution in [0.1, 0.15) is 29.2 Å². The molecule has 0 atom stereocenters. The van der Waals surface area contributed by atoms with Crippen molar-refractivity contribution in [2.75, 3.05) is 11.5 Å². The Labute approximate surface area is 273 Å². The van der Waals surface area contributed by atoms with E-state index < -0.39 is 17.8 Å². The Bertz CT molecular complexity index is 1740. The molecule has 1 aliphatic heterocycles. The molecule has 5 rings (SSSR count). The largest absolute Gasteiger partial charge is 0.490 e. The lowest BCUT2D eigenvalue weighted by Crippen LogP contribution is -2.54. The molecule has 224 valence electrons. The number of rotatable bonds is 10. The number of carbonyl (C=O) groups is 3. The maximum atomic E-state index is 13.5. The smallest absolute Gasteiger partial charge is 0.335 e. The number of imide groups is 2. The molecule has 0 aliphatic carbocycles. The van der Waals surface area contributed by atoms with E-state index in [4.69, 9.17) is 25.8 Å². The third-order valence-corrected chi connectivity index (χ3v) is 7.67. The highest BCUT2D eigenvalue weighted by atomic mass is 127. The number of urea groups is 1. The second-order valence-electron chi connectivity index (χ2n) is 9.91. The predicted octanol–water partition coefficient (Wildman–Crippen LogP) is 7.48. The minimum absolute atomic E-state index is 0.199. The number of aryl methyl sites for hydroxylation is 1. The molecule has 10 heteroatoms. The van der Waals surface area contributed by atoms with Crippen LogP contribution < -0.4 is 24.4 Å². The average molecular weight is 723 g/mol. The maximum Gasteiger partial charge on any atom is 0.335 e. The van der Waals surface area contributed by atoms with Gasteiger partial charge in [-0.3, -0.25) is 14.9 Å². The number of nitrogens with zero attached hydrogens (tertiary/aromatic N) is 1. The summed E-state index contributed by atoms with van der Waals surface area (Å²) in [5.74, 6) is 0.00759. The van der Waals surface area contributed by atoms with Gasteiger partial charge >= 0.3 is 6.03 Å². The van der Waals surface area contributed by atoms with E-state index in [1.165, 1.54) is 6.08 Å². The normalized spacial score (nSPS) is 14.0. The summed E-state index contributed by atoms with van der Waals surface area (Å²) in [7, 11) is 0. The highest BCUT2D eigenvalue weighted by Crippen LogP contribution is 2.36. The number of anilines is 1. The van der Waals surface area contributed by atoms with Crippen LogP contribution in [0.5, 0.6) is 17.2 Å². The Balaban J connectivity index is 1.35. The van der Waals surface area contributed by atoms with Gasteiger partial charge in [0, 0.05) is 5.02 Å². The van der Waals surface area contributed by atoms with Gasteiger partial charge in [-0.2, -0.15) is 0 Å². The molecule has 4 amide bonds. The van der Waals surface area contributed by atoms with Gasteiger partial charge < -0.3 is 14.2 Å². The van der Waals surface area contributed by atoms with Crippen LogP contribution in [0, 0.1) is 10.5 Å². The minimum atomic E-state index is -0.833. The lowest BCUT2D eigenvalue weighted by atomic mass is 10.1. The Morgan fingerprint density at radius 1 is 0.864 bits per heavy atom. The molecule has 1 saturated heterocycles. The molecule has 0 radical (unpaired) electrons. The highest BCUT2D eigenvalue weighted by Gasteiger charge is 2.37. The highest BCUT2D eigenvalue weighted by molar-refractivity contribution is 14.1. The Kier molecular flexibility index (Phi) is 9.86. The molecular formula is C34H28ClIN2O6.